The number of hydrogen-bond acceptors (Lipinski definition) is 5. The SMILES string of the molecule is CN1CC[C@H]2[C@@H](CCCN2c2nc(N(C)C)cc(C(F)(F)F)n2)C1. The zero-order valence-electron chi connectivity index (χ0n) is 14.3. The number of hydrogen-bond donors (Lipinski definition) is 0. The maximum atomic E-state index is 13.2. The largest absolute Gasteiger partial charge is 0.433 e. The first-order chi connectivity index (χ1) is 11.3. The Kier molecular flexibility index (Phi) is 4.59. The highest BCUT2D eigenvalue weighted by Gasteiger charge is 2.39. The first-order valence-corrected chi connectivity index (χ1v) is 8.34. The molecule has 2 atom stereocenters. The highest BCUT2D eigenvalue weighted by molar-refractivity contribution is 5.46. The Labute approximate surface area is 140 Å². The van der Waals surface area contributed by atoms with E-state index in [2.05, 4.69) is 21.9 Å². The Morgan fingerprint density at radius 2 is 1.92 bits per heavy atom. The van der Waals surface area contributed by atoms with Crippen LogP contribution >= 0.6 is 0 Å². The van der Waals surface area contributed by atoms with Gasteiger partial charge in [0.1, 0.15) is 5.82 Å². The maximum absolute atomic E-state index is 13.2. The van der Waals surface area contributed by atoms with Gasteiger partial charge in [-0.3, -0.25) is 0 Å². The number of halogens is 3. The van der Waals surface area contributed by atoms with Gasteiger partial charge < -0.3 is 14.7 Å². The van der Waals surface area contributed by atoms with Crippen LogP contribution in [0.25, 0.3) is 0 Å². The summed E-state index contributed by atoms with van der Waals surface area (Å²) in [6.07, 6.45) is -1.45. The number of anilines is 2. The molecule has 5 nitrogen and oxygen atoms in total. The molecule has 0 aromatic carbocycles. The molecule has 2 aliphatic heterocycles. The third-order valence-electron chi connectivity index (χ3n) is 4.98. The van der Waals surface area contributed by atoms with Crippen LogP contribution in [0.3, 0.4) is 0 Å². The van der Waals surface area contributed by atoms with Crippen molar-refractivity contribution in [3.63, 3.8) is 0 Å². The van der Waals surface area contributed by atoms with Crippen LogP contribution < -0.4 is 9.80 Å². The fourth-order valence-electron chi connectivity index (χ4n) is 3.76. The molecule has 0 bridgehead atoms. The molecule has 2 saturated heterocycles. The van der Waals surface area contributed by atoms with Crippen LogP contribution in [-0.2, 0) is 6.18 Å². The summed E-state index contributed by atoms with van der Waals surface area (Å²) in [6, 6.07) is 1.24. The predicted molar refractivity (Wildman–Crippen MR) is 87.3 cm³/mol. The second-order valence-corrected chi connectivity index (χ2v) is 7.02. The van der Waals surface area contributed by atoms with Gasteiger partial charge in [0.25, 0.3) is 0 Å². The summed E-state index contributed by atoms with van der Waals surface area (Å²) in [6.45, 7) is 2.66. The summed E-state index contributed by atoms with van der Waals surface area (Å²) in [5.74, 6) is 0.980. The van der Waals surface area contributed by atoms with Crippen molar-refractivity contribution >= 4 is 11.8 Å². The molecule has 8 heteroatoms. The van der Waals surface area contributed by atoms with Crippen molar-refractivity contribution in [3.05, 3.63) is 11.8 Å². The van der Waals surface area contributed by atoms with E-state index in [1.807, 2.05) is 4.90 Å². The molecule has 1 aromatic heterocycles. The number of nitrogens with zero attached hydrogens (tertiary/aromatic N) is 5. The summed E-state index contributed by atoms with van der Waals surface area (Å²) in [5, 5.41) is 0. The van der Waals surface area contributed by atoms with Crippen LogP contribution in [-0.4, -0.2) is 61.7 Å². The lowest BCUT2D eigenvalue weighted by atomic mass is 9.84. The number of aromatic nitrogens is 2. The average molecular weight is 343 g/mol. The predicted octanol–water partition coefficient (Wildman–Crippen LogP) is 2.48. The smallest absolute Gasteiger partial charge is 0.363 e. The van der Waals surface area contributed by atoms with Gasteiger partial charge >= 0.3 is 6.18 Å². The Bertz CT molecular complexity index is 590. The molecule has 2 fully saturated rings. The molecule has 0 unspecified atom stereocenters. The highest BCUT2D eigenvalue weighted by atomic mass is 19.4. The third kappa shape index (κ3) is 3.43. The maximum Gasteiger partial charge on any atom is 0.433 e. The molecular weight excluding hydrogens is 319 g/mol. The summed E-state index contributed by atoms with van der Waals surface area (Å²) in [4.78, 5) is 14.2. The lowest BCUT2D eigenvalue weighted by molar-refractivity contribution is -0.141. The van der Waals surface area contributed by atoms with Gasteiger partial charge in [0.2, 0.25) is 5.95 Å². The van der Waals surface area contributed by atoms with Crippen molar-refractivity contribution in [2.45, 2.75) is 31.5 Å². The molecule has 0 radical (unpaired) electrons. The number of alkyl halides is 3. The van der Waals surface area contributed by atoms with Crippen LogP contribution in [0.5, 0.6) is 0 Å². The lowest BCUT2D eigenvalue weighted by Crippen LogP contribution is -2.54. The molecule has 1 aromatic rings. The van der Waals surface area contributed by atoms with Crippen LogP contribution in [0.2, 0.25) is 0 Å². The van der Waals surface area contributed by atoms with Gasteiger partial charge in [0.05, 0.1) is 0 Å². The van der Waals surface area contributed by atoms with Gasteiger partial charge in [0, 0.05) is 39.3 Å². The quantitative estimate of drug-likeness (QED) is 0.824. The van der Waals surface area contributed by atoms with Gasteiger partial charge in [-0.05, 0) is 38.8 Å². The highest BCUT2D eigenvalue weighted by Crippen LogP contribution is 2.35. The number of piperidine rings is 2. The minimum absolute atomic E-state index is 0.216. The average Bonchev–Trinajstić information content (AvgIpc) is 2.52. The molecule has 0 amide bonds. The lowest BCUT2D eigenvalue weighted by Gasteiger charge is -2.46. The molecule has 2 aliphatic rings. The van der Waals surface area contributed by atoms with E-state index in [0.29, 0.717) is 11.7 Å². The normalized spacial score (nSPS) is 25.5. The molecule has 0 saturated carbocycles. The Hall–Kier alpha value is -1.57. The van der Waals surface area contributed by atoms with Gasteiger partial charge in [-0.25, -0.2) is 4.98 Å². The summed E-state index contributed by atoms with van der Waals surface area (Å²) in [7, 11) is 5.49. The van der Waals surface area contributed by atoms with Crippen LogP contribution in [0.4, 0.5) is 24.9 Å². The zero-order chi connectivity index (χ0) is 17.5. The van der Waals surface area contributed by atoms with E-state index in [-0.39, 0.29) is 12.0 Å². The topological polar surface area (TPSA) is 35.5 Å². The standard InChI is InChI=1S/C16H24F3N5/c1-22(2)14-9-13(16(17,18)19)20-15(21-14)24-7-4-5-11-10-23(3)8-6-12(11)24/h9,11-12H,4-8,10H2,1-3H3/t11-,12-/m0/s1. The van der Waals surface area contributed by atoms with Crippen LogP contribution in [0.1, 0.15) is 25.0 Å². The van der Waals surface area contributed by atoms with E-state index < -0.39 is 11.9 Å². The van der Waals surface area contributed by atoms with E-state index in [0.717, 1.165) is 45.0 Å². The van der Waals surface area contributed by atoms with Crippen molar-refractivity contribution < 1.29 is 13.2 Å². The number of fused-ring (bicyclic) bond motifs is 1. The van der Waals surface area contributed by atoms with E-state index in [1.54, 1.807) is 19.0 Å². The van der Waals surface area contributed by atoms with Crippen molar-refractivity contribution in [2.24, 2.45) is 5.92 Å². The molecule has 0 aliphatic carbocycles. The van der Waals surface area contributed by atoms with E-state index in [9.17, 15) is 13.2 Å². The second-order valence-electron chi connectivity index (χ2n) is 7.02. The molecule has 3 heterocycles. The molecular formula is C16H24F3N5. The van der Waals surface area contributed by atoms with Crippen molar-refractivity contribution in [1.82, 2.24) is 14.9 Å². The Morgan fingerprint density at radius 3 is 2.58 bits per heavy atom. The zero-order valence-corrected chi connectivity index (χ0v) is 14.3. The molecule has 3 rings (SSSR count). The minimum Gasteiger partial charge on any atom is -0.363 e. The minimum atomic E-state index is -4.47. The third-order valence-corrected chi connectivity index (χ3v) is 4.98. The summed E-state index contributed by atoms with van der Waals surface area (Å²) in [5.41, 5.74) is -0.869. The van der Waals surface area contributed by atoms with Gasteiger partial charge in [-0.1, -0.05) is 0 Å². The van der Waals surface area contributed by atoms with Crippen molar-refractivity contribution in [2.75, 3.05) is 50.6 Å². The number of likely N-dealkylation sites (tertiary alicyclic amines) is 1. The van der Waals surface area contributed by atoms with Gasteiger partial charge in [-0.2, -0.15) is 18.2 Å². The second kappa shape index (κ2) is 6.38. The van der Waals surface area contributed by atoms with Gasteiger partial charge in [0.15, 0.2) is 5.69 Å². The Morgan fingerprint density at radius 1 is 1.17 bits per heavy atom. The van der Waals surface area contributed by atoms with Crippen LogP contribution in [0.15, 0.2) is 6.07 Å². The monoisotopic (exact) mass is 343 g/mol. The summed E-state index contributed by atoms with van der Waals surface area (Å²) < 4.78 is 39.7. The molecule has 0 N–H and O–H groups in total. The number of rotatable bonds is 2. The summed E-state index contributed by atoms with van der Waals surface area (Å²) >= 11 is 0. The van der Waals surface area contributed by atoms with E-state index in [4.69, 9.17) is 0 Å². The molecule has 0 spiro atoms. The van der Waals surface area contributed by atoms with Crippen LogP contribution in [0, 0.1) is 5.92 Å². The van der Waals surface area contributed by atoms with Crippen molar-refractivity contribution in [3.8, 4) is 0 Å². The first kappa shape index (κ1) is 17.3. The Balaban J connectivity index is 1.96. The van der Waals surface area contributed by atoms with Gasteiger partial charge in [-0.15, -0.1) is 0 Å². The first-order valence-electron chi connectivity index (χ1n) is 8.34. The van der Waals surface area contributed by atoms with Crippen molar-refractivity contribution in [1.29, 1.82) is 0 Å². The fraction of sp³-hybridized carbons (Fsp3) is 0.750. The van der Waals surface area contributed by atoms with E-state index in [1.165, 1.54) is 0 Å². The van der Waals surface area contributed by atoms with E-state index >= 15 is 0 Å². The fourth-order valence-corrected chi connectivity index (χ4v) is 3.76. The molecule has 134 valence electrons. The molecule has 24 heavy (non-hydrogen) atoms.